The Balaban J connectivity index is 2.54. The molecule has 0 aliphatic carbocycles. The van der Waals surface area contributed by atoms with Gasteiger partial charge >= 0.3 is 5.97 Å². The van der Waals surface area contributed by atoms with E-state index in [1.54, 1.807) is 30.3 Å². The van der Waals surface area contributed by atoms with E-state index in [0.29, 0.717) is 5.56 Å². The van der Waals surface area contributed by atoms with Crippen molar-refractivity contribution in [2.75, 3.05) is 0 Å². The first kappa shape index (κ1) is 11.2. The first-order chi connectivity index (χ1) is 8.11. The molecular weight excluding hydrogens is 224 g/mol. The summed E-state index contributed by atoms with van der Waals surface area (Å²) in [6.45, 7) is 0. The third-order valence-electron chi connectivity index (χ3n) is 2.32. The van der Waals surface area contributed by atoms with E-state index in [4.69, 9.17) is 15.4 Å². The number of aromatic nitrogens is 1. The van der Waals surface area contributed by atoms with Gasteiger partial charge in [-0.1, -0.05) is 30.3 Å². The molecule has 0 saturated carbocycles. The summed E-state index contributed by atoms with van der Waals surface area (Å²) in [7, 11) is 0. The number of rotatable bonds is 3. The first-order valence-corrected chi connectivity index (χ1v) is 4.83. The number of aliphatic carboxylic acids is 1. The quantitative estimate of drug-likeness (QED) is 0.734. The molecule has 6 heteroatoms. The Morgan fingerprint density at radius 2 is 2.00 bits per heavy atom. The standard InChI is InChI=1S/C11H10N2O4/c12-8(11(15)16)7-9(17-13-10(7)14)6-4-2-1-3-5-6/h1-5,8H,12H2,(H,13,14)(H,15,16). The minimum Gasteiger partial charge on any atom is -0.491 e. The maximum atomic E-state index is 10.8. The predicted molar refractivity (Wildman–Crippen MR) is 58.2 cm³/mol. The summed E-state index contributed by atoms with van der Waals surface area (Å²) in [4.78, 5) is 10.8. The summed E-state index contributed by atoms with van der Waals surface area (Å²) < 4.78 is 4.91. The Hall–Kier alpha value is -2.34. The topological polar surface area (TPSA) is 110 Å². The second-order valence-corrected chi connectivity index (χ2v) is 3.43. The van der Waals surface area contributed by atoms with Gasteiger partial charge in [0.2, 0.25) is 0 Å². The molecule has 0 radical (unpaired) electrons. The summed E-state index contributed by atoms with van der Waals surface area (Å²) in [5.41, 5.74) is 6.04. The molecule has 0 saturated heterocycles. The predicted octanol–water partition coefficient (Wildman–Crippen LogP) is 1.13. The minimum absolute atomic E-state index is 0.0244. The fourth-order valence-corrected chi connectivity index (χ4v) is 1.49. The fourth-order valence-electron chi connectivity index (χ4n) is 1.49. The molecule has 6 nitrogen and oxygen atoms in total. The molecule has 4 N–H and O–H groups in total. The van der Waals surface area contributed by atoms with E-state index in [9.17, 15) is 9.90 Å². The van der Waals surface area contributed by atoms with Crippen LogP contribution >= 0.6 is 0 Å². The molecule has 0 spiro atoms. The molecule has 1 aromatic carbocycles. The highest BCUT2D eigenvalue weighted by Crippen LogP contribution is 2.33. The van der Waals surface area contributed by atoms with Crippen molar-refractivity contribution in [3.8, 4) is 17.2 Å². The second-order valence-electron chi connectivity index (χ2n) is 3.43. The summed E-state index contributed by atoms with van der Waals surface area (Å²) >= 11 is 0. The van der Waals surface area contributed by atoms with Crippen LogP contribution in [0.5, 0.6) is 5.88 Å². The average molecular weight is 234 g/mol. The van der Waals surface area contributed by atoms with Gasteiger partial charge < -0.3 is 20.5 Å². The van der Waals surface area contributed by atoms with Gasteiger partial charge in [0, 0.05) is 5.56 Å². The SMILES string of the molecule is NC(C(=O)O)c1c(O)noc1-c1ccccc1. The zero-order valence-electron chi connectivity index (χ0n) is 8.70. The van der Waals surface area contributed by atoms with Crippen molar-refractivity contribution in [2.45, 2.75) is 6.04 Å². The summed E-state index contributed by atoms with van der Waals surface area (Å²) in [5, 5.41) is 21.6. The van der Waals surface area contributed by atoms with E-state index in [0.717, 1.165) is 0 Å². The van der Waals surface area contributed by atoms with Gasteiger partial charge in [0.15, 0.2) is 5.76 Å². The Kier molecular flexibility index (Phi) is 2.80. The van der Waals surface area contributed by atoms with Crippen LogP contribution in [-0.2, 0) is 4.79 Å². The highest BCUT2D eigenvalue weighted by Gasteiger charge is 2.27. The third kappa shape index (κ3) is 1.98. The third-order valence-corrected chi connectivity index (χ3v) is 2.32. The van der Waals surface area contributed by atoms with Crippen LogP contribution in [0.25, 0.3) is 11.3 Å². The van der Waals surface area contributed by atoms with Crippen LogP contribution in [-0.4, -0.2) is 21.3 Å². The smallest absolute Gasteiger partial charge is 0.325 e. The van der Waals surface area contributed by atoms with Crippen molar-refractivity contribution in [2.24, 2.45) is 5.73 Å². The maximum absolute atomic E-state index is 10.8. The normalized spacial score (nSPS) is 12.3. The van der Waals surface area contributed by atoms with Gasteiger partial charge in [-0.25, -0.2) is 0 Å². The van der Waals surface area contributed by atoms with Gasteiger partial charge in [0.1, 0.15) is 6.04 Å². The van der Waals surface area contributed by atoms with Crippen LogP contribution in [0.4, 0.5) is 0 Å². The van der Waals surface area contributed by atoms with Crippen LogP contribution in [0.1, 0.15) is 11.6 Å². The molecule has 0 bridgehead atoms. The Labute approximate surface area is 96.3 Å². The molecule has 2 rings (SSSR count). The molecule has 0 aliphatic heterocycles. The van der Waals surface area contributed by atoms with Crippen molar-refractivity contribution in [3.05, 3.63) is 35.9 Å². The van der Waals surface area contributed by atoms with Crippen LogP contribution in [0.3, 0.4) is 0 Å². The molecule has 2 aromatic rings. The summed E-state index contributed by atoms with van der Waals surface area (Å²) in [6, 6.07) is 7.35. The van der Waals surface area contributed by atoms with Crippen LogP contribution < -0.4 is 5.73 Å². The molecule has 88 valence electrons. The fraction of sp³-hybridized carbons (Fsp3) is 0.0909. The van der Waals surface area contributed by atoms with Crippen molar-refractivity contribution in [3.63, 3.8) is 0 Å². The number of carbonyl (C=O) groups is 1. The number of aromatic hydroxyl groups is 1. The van der Waals surface area contributed by atoms with Crippen LogP contribution in [0.15, 0.2) is 34.9 Å². The average Bonchev–Trinajstić information content (AvgIpc) is 2.71. The molecule has 17 heavy (non-hydrogen) atoms. The Bertz CT molecular complexity index is 536. The van der Waals surface area contributed by atoms with Crippen molar-refractivity contribution in [1.82, 2.24) is 5.16 Å². The van der Waals surface area contributed by atoms with Gasteiger partial charge in [-0.3, -0.25) is 4.79 Å². The molecule has 0 fully saturated rings. The Morgan fingerprint density at radius 1 is 1.35 bits per heavy atom. The van der Waals surface area contributed by atoms with E-state index < -0.39 is 17.9 Å². The van der Waals surface area contributed by atoms with Crippen LogP contribution in [0.2, 0.25) is 0 Å². The minimum atomic E-state index is -1.38. The summed E-state index contributed by atoms with van der Waals surface area (Å²) in [6.07, 6.45) is 0. The van der Waals surface area contributed by atoms with Crippen molar-refractivity contribution < 1.29 is 19.5 Å². The number of carboxylic acid groups (broad SMARTS) is 1. The number of nitrogens with zero attached hydrogens (tertiary/aromatic N) is 1. The van der Waals surface area contributed by atoms with Crippen molar-refractivity contribution >= 4 is 5.97 Å². The number of hydrogen-bond acceptors (Lipinski definition) is 5. The molecule has 1 unspecified atom stereocenters. The first-order valence-electron chi connectivity index (χ1n) is 4.83. The van der Waals surface area contributed by atoms with E-state index in [1.165, 1.54) is 0 Å². The molecule has 1 heterocycles. The van der Waals surface area contributed by atoms with E-state index in [-0.39, 0.29) is 11.3 Å². The molecular formula is C11H10N2O4. The van der Waals surface area contributed by atoms with Gasteiger partial charge in [-0.05, 0) is 5.16 Å². The molecule has 0 aliphatic rings. The van der Waals surface area contributed by atoms with E-state index in [2.05, 4.69) is 5.16 Å². The van der Waals surface area contributed by atoms with Gasteiger partial charge in [-0.15, -0.1) is 0 Å². The van der Waals surface area contributed by atoms with Gasteiger partial charge in [-0.2, -0.15) is 0 Å². The number of hydrogen-bond donors (Lipinski definition) is 3. The summed E-state index contributed by atoms with van der Waals surface area (Å²) in [5.74, 6) is -1.60. The maximum Gasteiger partial charge on any atom is 0.325 e. The Morgan fingerprint density at radius 3 is 2.59 bits per heavy atom. The zero-order chi connectivity index (χ0) is 12.4. The van der Waals surface area contributed by atoms with E-state index >= 15 is 0 Å². The number of carboxylic acids is 1. The highest BCUT2D eigenvalue weighted by atomic mass is 16.5. The largest absolute Gasteiger partial charge is 0.491 e. The van der Waals surface area contributed by atoms with E-state index in [1.807, 2.05) is 0 Å². The molecule has 1 atom stereocenters. The lowest BCUT2D eigenvalue weighted by Crippen LogP contribution is -2.20. The molecule has 0 amide bonds. The van der Waals surface area contributed by atoms with Gasteiger partial charge in [0.25, 0.3) is 5.88 Å². The highest BCUT2D eigenvalue weighted by molar-refractivity contribution is 5.80. The lowest BCUT2D eigenvalue weighted by molar-refractivity contribution is -0.138. The number of nitrogens with two attached hydrogens (primary N) is 1. The van der Waals surface area contributed by atoms with Crippen molar-refractivity contribution in [1.29, 1.82) is 0 Å². The monoisotopic (exact) mass is 234 g/mol. The lowest BCUT2D eigenvalue weighted by atomic mass is 10.0. The number of benzene rings is 1. The van der Waals surface area contributed by atoms with Gasteiger partial charge in [0.05, 0.1) is 5.56 Å². The second kappa shape index (κ2) is 4.26. The lowest BCUT2D eigenvalue weighted by Gasteiger charge is -2.05. The molecule has 1 aromatic heterocycles. The zero-order valence-corrected chi connectivity index (χ0v) is 8.70. The van der Waals surface area contributed by atoms with Crippen LogP contribution in [0, 0.1) is 0 Å².